The van der Waals surface area contributed by atoms with E-state index >= 15 is 0 Å². The number of aliphatic hydroxyl groups excluding tert-OH is 1. The fraction of sp³-hybridized carbons (Fsp3) is 0.348. The van der Waals surface area contributed by atoms with E-state index in [2.05, 4.69) is 30.3 Å². The summed E-state index contributed by atoms with van der Waals surface area (Å²) >= 11 is 1.69. The van der Waals surface area contributed by atoms with Crippen molar-refractivity contribution in [3.63, 3.8) is 0 Å². The number of hydrogen-bond acceptors (Lipinski definition) is 5. The van der Waals surface area contributed by atoms with E-state index in [-0.39, 0.29) is 12.5 Å². The first-order valence-corrected chi connectivity index (χ1v) is 10.4. The van der Waals surface area contributed by atoms with Crippen molar-refractivity contribution in [2.75, 3.05) is 14.2 Å². The Morgan fingerprint density at radius 2 is 1.76 bits per heavy atom. The summed E-state index contributed by atoms with van der Waals surface area (Å²) in [6.07, 6.45) is 3.62. The zero-order valence-electron chi connectivity index (χ0n) is 17.6. The predicted octanol–water partition coefficient (Wildman–Crippen LogP) is 5.02. The second-order valence-corrected chi connectivity index (χ2v) is 8.22. The normalized spacial score (nSPS) is 11.1. The minimum absolute atomic E-state index is 0.0299. The molecule has 6 heteroatoms. The van der Waals surface area contributed by atoms with Gasteiger partial charge < -0.3 is 19.1 Å². The van der Waals surface area contributed by atoms with Crippen molar-refractivity contribution in [3.8, 4) is 11.5 Å². The van der Waals surface area contributed by atoms with Crippen molar-refractivity contribution in [1.82, 2.24) is 9.55 Å². The van der Waals surface area contributed by atoms with Crippen LogP contribution in [0.5, 0.6) is 11.5 Å². The molecule has 0 atom stereocenters. The smallest absolute Gasteiger partial charge is 0.161 e. The summed E-state index contributed by atoms with van der Waals surface area (Å²) in [4.78, 5) is 5.18. The van der Waals surface area contributed by atoms with Crippen LogP contribution in [0.15, 0.2) is 52.6 Å². The summed E-state index contributed by atoms with van der Waals surface area (Å²) in [5.41, 5.74) is 4.47. The molecule has 1 aromatic carbocycles. The molecule has 2 aromatic heterocycles. The van der Waals surface area contributed by atoms with Crippen LogP contribution >= 0.6 is 11.8 Å². The number of rotatable bonds is 8. The lowest BCUT2D eigenvalue weighted by molar-refractivity contribution is 0.279. The summed E-state index contributed by atoms with van der Waals surface area (Å²) in [6.45, 7) is 7.18. The molecule has 0 unspecified atom stereocenters. The van der Waals surface area contributed by atoms with Gasteiger partial charge in [-0.3, -0.25) is 4.98 Å². The fourth-order valence-corrected chi connectivity index (χ4v) is 4.85. The second kappa shape index (κ2) is 9.37. The number of methoxy groups -OCH3 is 2. The van der Waals surface area contributed by atoms with Gasteiger partial charge in [-0.2, -0.15) is 0 Å². The van der Waals surface area contributed by atoms with Crippen LogP contribution in [0.4, 0.5) is 0 Å². The minimum atomic E-state index is 0.0299. The van der Waals surface area contributed by atoms with Gasteiger partial charge >= 0.3 is 0 Å². The van der Waals surface area contributed by atoms with E-state index in [1.54, 1.807) is 26.0 Å². The lowest BCUT2D eigenvalue weighted by Gasteiger charge is -2.15. The van der Waals surface area contributed by atoms with Crippen LogP contribution in [0, 0.1) is 6.92 Å². The largest absolute Gasteiger partial charge is 0.493 e. The van der Waals surface area contributed by atoms with Crippen molar-refractivity contribution in [1.29, 1.82) is 0 Å². The van der Waals surface area contributed by atoms with Gasteiger partial charge in [-0.25, -0.2) is 0 Å². The van der Waals surface area contributed by atoms with Crippen LogP contribution in [-0.2, 0) is 13.2 Å². The third-order valence-corrected chi connectivity index (χ3v) is 6.16. The van der Waals surface area contributed by atoms with E-state index in [1.165, 1.54) is 11.1 Å². The number of aromatic nitrogens is 2. The molecule has 3 rings (SSSR count). The molecular weight excluding hydrogens is 384 g/mol. The van der Waals surface area contributed by atoms with Crippen molar-refractivity contribution in [2.24, 2.45) is 0 Å². The number of benzene rings is 1. The van der Waals surface area contributed by atoms with E-state index < -0.39 is 0 Å². The van der Waals surface area contributed by atoms with Crippen molar-refractivity contribution in [2.45, 2.75) is 49.8 Å². The van der Waals surface area contributed by atoms with Crippen LogP contribution in [0.2, 0.25) is 0 Å². The number of hydrogen-bond donors (Lipinski definition) is 1. The zero-order chi connectivity index (χ0) is 21.0. The average molecular weight is 413 g/mol. The van der Waals surface area contributed by atoms with Gasteiger partial charge in [-0.15, -0.1) is 0 Å². The summed E-state index contributed by atoms with van der Waals surface area (Å²) in [7, 11) is 3.28. The first-order valence-electron chi connectivity index (χ1n) is 9.61. The topological polar surface area (TPSA) is 56.5 Å². The molecule has 0 aliphatic carbocycles. The van der Waals surface area contributed by atoms with E-state index in [1.807, 2.05) is 42.7 Å². The van der Waals surface area contributed by atoms with Gasteiger partial charge in [0.15, 0.2) is 11.5 Å². The van der Waals surface area contributed by atoms with Crippen LogP contribution in [-0.4, -0.2) is 28.9 Å². The van der Waals surface area contributed by atoms with Gasteiger partial charge in [-0.1, -0.05) is 25.6 Å². The first kappa shape index (κ1) is 21.3. The lowest BCUT2D eigenvalue weighted by atomic mass is 10.0. The summed E-state index contributed by atoms with van der Waals surface area (Å²) in [5, 5.41) is 11.2. The SMILES string of the molecule is COc1ccc(Sc2c(C(C)C)c(CO)c(C)n2Cc2ccncc2)cc1OC. The number of nitrogens with zero attached hydrogens (tertiary/aromatic N) is 2. The highest BCUT2D eigenvalue weighted by Gasteiger charge is 2.23. The molecule has 0 radical (unpaired) electrons. The molecule has 154 valence electrons. The van der Waals surface area contributed by atoms with E-state index in [9.17, 15) is 5.11 Å². The Bertz CT molecular complexity index is 968. The maximum atomic E-state index is 10.1. The Morgan fingerprint density at radius 1 is 1.07 bits per heavy atom. The summed E-state index contributed by atoms with van der Waals surface area (Å²) in [6, 6.07) is 10.0. The maximum Gasteiger partial charge on any atom is 0.161 e. The molecule has 2 heterocycles. The number of aliphatic hydroxyl groups is 1. The molecule has 0 aliphatic heterocycles. The van der Waals surface area contributed by atoms with Gasteiger partial charge in [0, 0.05) is 35.1 Å². The minimum Gasteiger partial charge on any atom is -0.493 e. The van der Waals surface area contributed by atoms with Crippen LogP contribution in [0.3, 0.4) is 0 Å². The van der Waals surface area contributed by atoms with Crippen LogP contribution < -0.4 is 9.47 Å². The Balaban J connectivity index is 2.10. The molecule has 29 heavy (non-hydrogen) atoms. The van der Waals surface area contributed by atoms with Crippen LogP contribution in [0.1, 0.15) is 42.1 Å². The van der Waals surface area contributed by atoms with Crippen molar-refractivity contribution in [3.05, 3.63) is 65.1 Å². The molecule has 0 saturated carbocycles. The molecule has 0 amide bonds. The van der Waals surface area contributed by atoms with Gasteiger partial charge in [-0.05, 0) is 54.3 Å². The standard InChI is InChI=1S/C23H28N2O3S/c1-15(2)22-19(14-26)16(3)25(13-17-8-10-24-11-9-17)23(22)29-18-6-7-20(27-4)21(12-18)28-5/h6-12,15,26H,13-14H2,1-5H3. The van der Waals surface area contributed by atoms with Gasteiger partial charge in [0.2, 0.25) is 0 Å². The van der Waals surface area contributed by atoms with Crippen LogP contribution in [0.25, 0.3) is 0 Å². The molecule has 3 aromatic rings. The van der Waals surface area contributed by atoms with Gasteiger partial charge in [0.25, 0.3) is 0 Å². The van der Waals surface area contributed by atoms with Gasteiger partial charge in [0.05, 0.1) is 25.9 Å². The Labute approximate surface area is 176 Å². The van der Waals surface area contributed by atoms with E-state index in [0.717, 1.165) is 27.7 Å². The molecule has 0 saturated heterocycles. The zero-order valence-corrected chi connectivity index (χ0v) is 18.4. The number of pyridine rings is 1. The highest BCUT2D eigenvalue weighted by atomic mass is 32.2. The Hall–Kier alpha value is -2.44. The fourth-order valence-electron chi connectivity index (χ4n) is 3.54. The average Bonchev–Trinajstić information content (AvgIpc) is 2.99. The maximum absolute atomic E-state index is 10.1. The summed E-state index contributed by atoms with van der Waals surface area (Å²) < 4.78 is 13.1. The molecule has 0 spiro atoms. The summed E-state index contributed by atoms with van der Waals surface area (Å²) in [5.74, 6) is 1.70. The van der Waals surface area contributed by atoms with Crippen molar-refractivity contribution < 1.29 is 14.6 Å². The Morgan fingerprint density at radius 3 is 2.34 bits per heavy atom. The van der Waals surface area contributed by atoms with E-state index in [4.69, 9.17) is 9.47 Å². The number of ether oxygens (including phenoxy) is 2. The molecule has 0 fully saturated rings. The first-order chi connectivity index (χ1) is 14.0. The Kier molecular flexibility index (Phi) is 6.87. The highest BCUT2D eigenvalue weighted by molar-refractivity contribution is 7.99. The monoisotopic (exact) mass is 412 g/mol. The molecule has 1 N–H and O–H groups in total. The van der Waals surface area contributed by atoms with Gasteiger partial charge in [0.1, 0.15) is 0 Å². The lowest BCUT2D eigenvalue weighted by Crippen LogP contribution is -2.04. The molecule has 0 bridgehead atoms. The highest BCUT2D eigenvalue weighted by Crippen LogP contribution is 2.42. The van der Waals surface area contributed by atoms with Crippen molar-refractivity contribution >= 4 is 11.8 Å². The third kappa shape index (κ3) is 4.43. The molecular formula is C23H28N2O3S. The third-order valence-electron chi connectivity index (χ3n) is 5.04. The van der Waals surface area contributed by atoms with E-state index in [0.29, 0.717) is 11.5 Å². The predicted molar refractivity (Wildman–Crippen MR) is 116 cm³/mol. The molecule has 5 nitrogen and oxygen atoms in total. The molecule has 0 aliphatic rings. The quantitative estimate of drug-likeness (QED) is 0.563. The second-order valence-electron chi connectivity index (χ2n) is 7.16.